The molecule has 0 aromatic heterocycles. The zero-order valence-electron chi connectivity index (χ0n) is 16.4. The zero-order valence-corrected chi connectivity index (χ0v) is 16.4. The summed E-state index contributed by atoms with van der Waals surface area (Å²) in [6.45, 7) is 15.1. The Morgan fingerprint density at radius 3 is 2.52 bits per heavy atom. The van der Waals surface area contributed by atoms with E-state index in [-0.39, 0.29) is 24.2 Å². The maximum atomic E-state index is 12.3. The summed E-state index contributed by atoms with van der Waals surface area (Å²) in [5.74, 6) is -3.32. The van der Waals surface area contributed by atoms with E-state index in [2.05, 4.69) is 26.3 Å². The molecular weight excluding hydrogens is 380 g/mol. The molecule has 0 radical (unpaired) electrons. The number of fused-ring (bicyclic) bond motifs is 1. The van der Waals surface area contributed by atoms with Crippen molar-refractivity contribution in [3.05, 3.63) is 49.1 Å². The average molecular weight is 406 g/mol. The van der Waals surface area contributed by atoms with Crippen molar-refractivity contribution < 1.29 is 38.8 Å². The molecule has 2 fully saturated rings. The third-order valence-corrected chi connectivity index (χ3v) is 5.53. The normalized spacial score (nSPS) is 30.7. The fourth-order valence-electron chi connectivity index (χ4n) is 4.03. The standard InChI is InChI=1S/C21H26O8/c1-6-21(10-23)7-15(28-19(25)11(2)8-22)16-13(4)20(26)29-18(16)17(21)12(3)9-27-14(5)24/h6,15-18,22-23H,1-4,7-10H2,5H3. The lowest BCUT2D eigenvalue weighted by atomic mass is 9.58. The Labute approximate surface area is 169 Å². The average Bonchev–Trinajstić information content (AvgIpc) is 2.99. The van der Waals surface area contributed by atoms with Gasteiger partial charge in [-0.25, -0.2) is 9.59 Å². The second kappa shape index (κ2) is 8.75. The fourth-order valence-corrected chi connectivity index (χ4v) is 4.03. The second-order valence-corrected chi connectivity index (χ2v) is 7.34. The van der Waals surface area contributed by atoms with Crippen molar-refractivity contribution in [3.8, 4) is 0 Å². The van der Waals surface area contributed by atoms with Gasteiger partial charge in [-0.15, -0.1) is 6.58 Å². The van der Waals surface area contributed by atoms with Gasteiger partial charge in [0.05, 0.1) is 24.7 Å². The quantitative estimate of drug-likeness (QED) is 0.264. The van der Waals surface area contributed by atoms with E-state index >= 15 is 0 Å². The van der Waals surface area contributed by atoms with Crippen molar-refractivity contribution >= 4 is 17.9 Å². The smallest absolute Gasteiger partial charge is 0.336 e. The molecular formula is C21H26O8. The Morgan fingerprint density at radius 1 is 1.34 bits per heavy atom. The topological polar surface area (TPSA) is 119 Å². The minimum atomic E-state index is -1.06. The first-order chi connectivity index (χ1) is 13.6. The predicted molar refractivity (Wildman–Crippen MR) is 102 cm³/mol. The Balaban J connectivity index is 2.45. The van der Waals surface area contributed by atoms with Gasteiger partial charge in [0.15, 0.2) is 0 Å². The summed E-state index contributed by atoms with van der Waals surface area (Å²) in [5, 5.41) is 19.3. The molecule has 1 aliphatic carbocycles. The predicted octanol–water partition coefficient (Wildman–Crippen LogP) is 0.848. The van der Waals surface area contributed by atoms with Crippen molar-refractivity contribution in [2.75, 3.05) is 19.8 Å². The minimum absolute atomic E-state index is 0.0953. The summed E-state index contributed by atoms with van der Waals surface area (Å²) < 4.78 is 16.0. The van der Waals surface area contributed by atoms with Crippen LogP contribution < -0.4 is 0 Å². The number of carbonyl (C=O) groups is 3. The van der Waals surface area contributed by atoms with E-state index in [4.69, 9.17) is 19.3 Å². The highest BCUT2D eigenvalue weighted by Gasteiger charge is 2.60. The van der Waals surface area contributed by atoms with Crippen LogP contribution in [0.15, 0.2) is 49.1 Å². The number of esters is 3. The lowest BCUT2D eigenvalue weighted by molar-refractivity contribution is -0.163. The van der Waals surface area contributed by atoms with Crippen LogP contribution in [0.5, 0.6) is 0 Å². The third-order valence-electron chi connectivity index (χ3n) is 5.53. The van der Waals surface area contributed by atoms with E-state index in [1.165, 1.54) is 13.0 Å². The van der Waals surface area contributed by atoms with Gasteiger partial charge in [-0.3, -0.25) is 4.79 Å². The van der Waals surface area contributed by atoms with Crippen LogP contribution in [0, 0.1) is 17.3 Å². The summed E-state index contributed by atoms with van der Waals surface area (Å²) in [5.41, 5.74) is -0.652. The maximum absolute atomic E-state index is 12.3. The van der Waals surface area contributed by atoms with Crippen molar-refractivity contribution in [2.45, 2.75) is 25.6 Å². The van der Waals surface area contributed by atoms with Gasteiger partial charge in [0.25, 0.3) is 0 Å². The molecule has 0 aromatic rings. The summed E-state index contributed by atoms with van der Waals surface area (Å²) in [4.78, 5) is 35.7. The molecule has 1 saturated heterocycles. The Kier molecular flexibility index (Phi) is 6.81. The molecule has 2 N–H and O–H groups in total. The summed E-state index contributed by atoms with van der Waals surface area (Å²) in [6.07, 6.45) is -0.128. The molecule has 2 aliphatic rings. The highest BCUT2D eigenvalue weighted by atomic mass is 16.6. The largest absolute Gasteiger partial charge is 0.461 e. The number of hydrogen-bond donors (Lipinski definition) is 2. The van der Waals surface area contributed by atoms with Gasteiger partial charge in [0.1, 0.15) is 18.8 Å². The monoisotopic (exact) mass is 406 g/mol. The molecule has 8 nitrogen and oxygen atoms in total. The van der Waals surface area contributed by atoms with Crippen molar-refractivity contribution in [2.24, 2.45) is 17.3 Å². The molecule has 1 heterocycles. The minimum Gasteiger partial charge on any atom is -0.461 e. The molecule has 29 heavy (non-hydrogen) atoms. The van der Waals surface area contributed by atoms with Gasteiger partial charge in [0.2, 0.25) is 0 Å². The molecule has 8 heteroatoms. The first kappa shape index (κ1) is 22.6. The number of ether oxygens (including phenoxy) is 3. The third kappa shape index (κ3) is 4.18. The van der Waals surface area contributed by atoms with Gasteiger partial charge in [-0.1, -0.05) is 25.8 Å². The van der Waals surface area contributed by atoms with Crippen molar-refractivity contribution in [3.63, 3.8) is 0 Å². The zero-order chi connectivity index (χ0) is 21.9. The van der Waals surface area contributed by atoms with Gasteiger partial charge < -0.3 is 24.4 Å². The SMILES string of the molecule is C=CC1(CO)CC(OC(=O)C(=C)CO)C2C(=C)C(=O)OC2C1C(=C)COC(C)=O. The lowest BCUT2D eigenvalue weighted by Gasteiger charge is -2.49. The molecule has 2 rings (SSSR count). The van der Waals surface area contributed by atoms with Crippen LogP contribution in [0.1, 0.15) is 13.3 Å². The highest BCUT2D eigenvalue weighted by molar-refractivity contribution is 5.92. The number of rotatable bonds is 8. The van der Waals surface area contributed by atoms with E-state index < -0.39 is 60.6 Å². The molecule has 1 aliphatic heterocycles. The van der Waals surface area contributed by atoms with Gasteiger partial charge in [0, 0.05) is 23.8 Å². The first-order valence-electron chi connectivity index (χ1n) is 9.06. The van der Waals surface area contributed by atoms with E-state index in [0.29, 0.717) is 5.57 Å². The second-order valence-electron chi connectivity index (χ2n) is 7.34. The molecule has 0 amide bonds. The molecule has 1 saturated carbocycles. The summed E-state index contributed by atoms with van der Waals surface area (Å²) in [7, 11) is 0. The molecule has 0 spiro atoms. The van der Waals surface area contributed by atoms with E-state index in [9.17, 15) is 19.5 Å². The molecule has 0 bridgehead atoms. The van der Waals surface area contributed by atoms with E-state index in [1.807, 2.05) is 0 Å². The van der Waals surface area contributed by atoms with Gasteiger partial charge >= 0.3 is 17.9 Å². The van der Waals surface area contributed by atoms with Gasteiger partial charge in [-0.2, -0.15) is 0 Å². The van der Waals surface area contributed by atoms with E-state index in [0.717, 1.165) is 0 Å². The highest BCUT2D eigenvalue weighted by Crippen LogP contribution is 2.53. The van der Waals surface area contributed by atoms with Crippen LogP contribution in [-0.2, 0) is 28.6 Å². The van der Waals surface area contributed by atoms with Crippen molar-refractivity contribution in [1.82, 2.24) is 0 Å². The van der Waals surface area contributed by atoms with Crippen LogP contribution in [0.4, 0.5) is 0 Å². The number of aliphatic hydroxyl groups excluding tert-OH is 2. The molecule has 5 unspecified atom stereocenters. The molecule has 5 atom stereocenters. The van der Waals surface area contributed by atoms with Crippen LogP contribution in [0.2, 0.25) is 0 Å². The van der Waals surface area contributed by atoms with E-state index in [1.54, 1.807) is 0 Å². The maximum Gasteiger partial charge on any atom is 0.336 e. The Morgan fingerprint density at radius 2 is 2.00 bits per heavy atom. The number of carbonyl (C=O) groups excluding carboxylic acids is 3. The van der Waals surface area contributed by atoms with Crippen LogP contribution in [-0.4, -0.2) is 60.1 Å². The van der Waals surface area contributed by atoms with Crippen LogP contribution in [0.25, 0.3) is 0 Å². The Bertz CT molecular complexity index is 767. The summed E-state index contributed by atoms with van der Waals surface area (Å²) in [6, 6.07) is 0. The Hall–Kier alpha value is -2.71. The molecule has 0 aromatic carbocycles. The first-order valence-corrected chi connectivity index (χ1v) is 9.06. The molecule has 158 valence electrons. The van der Waals surface area contributed by atoms with Crippen molar-refractivity contribution in [1.29, 1.82) is 0 Å². The fraction of sp³-hybridized carbons (Fsp3) is 0.476. The number of hydrogen-bond acceptors (Lipinski definition) is 8. The van der Waals surface area contributed by atoms with Crippen LogP contribution >= 0.6 is 0 Å². The lowest BCUT2D eigenvalue weighted by Crippen LogP contribution is -2.54. The van der Waals surface area contributed by atoms with Crippen LogP contribution in [0.3, 0.4) is 0 Å². The summed E-state index contributed by atoms with van der Waals surface area (Å²) >= 11 is 0. The van der Waals surface area contributed by atoms with Gasteiger partial charge in [-0.05, 0) is 12.0 Å². The number of aliphatic hydroxyl groups is 2.